The van der Waals surface area contributed by atoms with Gasteiger partial charge in [-0.15, -0.1) is 0 Å². The minimum absolute atomic E-state index is 0.225. The zero-order valence-electron chi connectivity index (χ0n) is 19.4. The van der Waals surface area contributed by atoms with Crippen molar-refractivity contribution < 1.29 is 9.21 Å². The van der Waals surface area contributed by atoms with Gasteiger partial charge in [-0.2, -0.15) is 0 Å². The molecule has 170 valence electrons. The molecule has 32 heavy (non-hydrogen) atoms. The van der Waals surface area contributed by atoms with E-state index in [-0.39, 0.29) is 22.6 Å². The fourth-order valence-corrected chi connectivity index (χ4v) is 4.43. The third kappa shape index (κ3) is 4.78. The average molecular weight is 437 g/mol. The second kappa shape index (κ2) is 9.28. The minimum atomic E-state index is -0.264. The molecule has 3 aromatic rings. The van der Waals surface area contributed by atoms with Crippen LogP contribution >= 0.6 is 0 Å². The number of carbonyl (C=O) groups is 1. The Morgan fingerprint density at radius 3 is 2.72 bits per heavy atom. The third-order valence-corrected chi connectivity index (χ3v) is 6.09. The van der Waals surface area contributed by atoms with E-state index in [1.54, 1.807) is 11.5 Å². The van der Waals surface area contributed by atoms with Crippen LogP contribution in [0.1, 0.15) is 47.5 Å². The van der Waals surface area contributed by atoms with Gasteiger partial charge < -0.3 is 9.73 Å². The molecule has 0 spiro atoms. The van der Waals surface area contributed by atoms with E-state index in [0.29, 0.717) is 36.2 Å². The first-order valence-corrected chi connectivity index (χ1v) is 11.4. The molecule has 1 aliphatic heterocycles. The number of nitrogens with zero attached hydrogens (tertiary/aromatic N) is 3. The van der Waals surface area contributed by atoms with Crippen LogP contribution in [0.25, 0.3) is 11.1 Å². The molecule has 0 bridgehead atoms. The fraction of sp³-hybridized carbons (Fsp3) is 0.480. The minimum Gasteiger partial charge on any atom is -0.442 e. The topological polar surface area (TPSA) is 80.4 Å². The molecule has 1 saturated heterocycles. The van der Waals surface area contributed by atoms with E-state index >= 15 is 0 Å². The van der Waals surface area contributed by atoms with Gasteiger partial charge in [-0.1, -0.05) is 43.7 Å². The Labute approximate surface area is 188 Å². The number of aromatic nitrogens is 2. The summed E-state index contributed by atoms with van der Waals surface area (Å²) in [6, 6.07) is 8.64. The molecule has 0 saturated carbocycles. The fourth-order valence-electron chi connectivity index (χ4n) is 4.43. The van der Waals surface area contributed by atoms with Crippen molar-refractivity contribution in [1.29, 1.82) is 0 Å². The highest BCUT2D eigenvalue weighted by molar-refractivity contribution is 6.06. The summed E-state index contributed by atoms with van der Waals surface area (Å²) in [5, 5.41) is 3.31. The largest absolute Gasteiger partial charge is 0.442 e. The van der Waals surface area contributed by atoms with Crippen molar-refractivity contribution in [2.75, 3.05) is 19.6 Å². The molecule has 1 aliphatic rings. The second-order valence-electron chi connectivity index (χ2n) is 9.39. The summed E-state index contributed by atoms with van der Waals surface area (Å²) in [5.41, 5.74) is 2.89. The molecule has 4 rings (SSSR count). The molecule has 0 aliphatic carbocycles. The van der Waals surface area contributed by atoms with Gasteiger partial charge in [0, 0.05) is 26.2 Å². The van der Waals surface area contributed by atoms with Gasteiger partial charge in [-0.3, -0.25) is 19.1 Å². The van der Waals surface area contributed by atoms with Crippen molar-refractivity contribution in [2.24, 2.45) is 11.8 Å². The Morgan fingerprint density at radius 1 is 1.25 bits per heavy atom. The van der Waals surface area contributed by atoms with E-state index in [1.165, 1.54) is 17.5 Å². The second-order valence-corrected chi connectivity index (χ2v) is 9.39. The smallest absolute Gasteiger partial charge is 0.265 e. The number of aryl methyl sites for hydroxylation is 2. The van der Waals surface area contributed by atoms with Gasteiger partial charge >= 0.3 is 0 Å². The Balaban J connectivity index is 1.41. The highest BCUT2D eigenvalue weighted by Crippen LogP contribution is 2.22. The Hall–Kier alpha value is -2.93. The van der Waals surface area contributed by atoms with Gasteiger partial charge in [-0.25, -0.2) is 4.98 Å². The zero-order chi connectivity index (χ0) is 22.8. The molecule has 7 heteroatoms. The lowest BCUT2D eigenvalue weighted by molar-refractivity contribution is 0.0947. The van der Waals surface area contributed by atoms with Gasteiger partial charge in [-0.05, 0) is 44.2 Å². The molecular weight excluding hydrogens is 404 g/mol. The molecule has 7 nitrogen and oxygen atoms in total. The molecule has 1 unspecified atom stereocenters. The molecule has 1 aromatic carbocycles. The maximum absolute atomic E-state index is 13.0. The van der Waals surface area contributed by atoms with Crippen LogP contribution in [-0.2, 0) is 13.1 Å². The van der Waals surface area contributed by atoms with Gasteiger partial charge in [0.15, 0.2) is 0 Å². The summed E-state index contributed by atoms with van der Waals surface area (Å²) in [6.45, 7) is 11.9. The molecule has 1 amide bonds. The van der Waals surface area contributed by atoms with Gasteiger partial charge in [0.1, 0.15) is 17.5 Å². The van der Waals surface area contributed by atoms with Crippen LogP contribution in [0.3, 0.4) is 0 Å². The average Bonchev–Trinajstić information content (AvgIpc) is 3.33. The van der Waals surface area contributed by atoms with E-state index < -0.39 is 0 Å². The summed E-state index contributed by atoms with van der Waals surface area (Å²) in [5.74, 6) is 0.845. The number of fused-ring (bicyclic) bond motifs is 1. The lowest BCUT2D eigenvalue weighted by Crippen LogP contribution is -2.32. The number of furan rings is 1. The lowest BCUT2D eigenvalue weighted by atomic mass is 10.1. The van der Waals surface area contributed by atoms with Crippen LogP contribution < -0.4 is 10.9 Å². The number of hydrogen-bond acceptors (Lipinski definition) is 5. The molecule has 1 atom stereocenters. The van der Waals surface area contributed by atoms with Gasteiger partial charge in [0.25, 0.3) is 11.5 Å². The predicted octanol–water partition coefficient (Wildman–Crippen LogP) is 3.51. The molecule has 1 N–H and O–H groups in total. The van der Waals surface area contributed by atoms with E-state index in [9.17, 15) is 9.59 Å². The number of hydrogen-bond donors (Lipinski definition) is 1. The maximum atomic E-state index is 13.0. The highest BCUT2D eigenvalue weighted by atomic mass is 16.3. The van der Waals surface area contributed by atoms with Crippen LogP contribution in [0.5, 0.6) is 0 Å². The quantitative estimate of drug-likeness (QED) is 0.613. The normalized spacial score (nSPS) is 16.8. The highest BCUT2D eigenvalue weighted by Gasteiger charge is 2.26. The SMILES string of the molecule is Cc1ccc(CN2CCC(CNC(=O)c3c(C)oc4ncn(CC(C)C)c(=O)c34)C2)cc1. The summed E-state index contributed by atoms with van der Waals surface area (Å²) < 4.78 is 7.19. The van der Waals surface area contributed by atoms with Crippen molar-refractivity contribution in [2.45, 2.75) is 47.2 Å². The first-order chi connectivity index (χ1) is 15.3. The van der Waals surface area contributed by atoms with Crippen molar-refractivity contribution in [3.8, 4) is 0 Å². The number of benzene rings is 1. The van der Waals surface area contributed by atoms with Crippen molar-refractivity contribution in [1.82, 2.24) is 19.8 Å². The number of carbonyl (C=O) groups excluding carboxylic acids is 1. The maximum Gasteiger partial charge on any atom is 0.265 e. The first kappa shape index (κ1) is 22.3. The molecule has 1 fully saturated rings. The summed E-state index contributed by atoms with van der Waals surface area (Å²) >= 11 is 0. The Bertz CT molecular complexity index is 1160. The number of likely N-dealkylation sites (tertiary alicyclic amines) is 1. The standard InChI is InChI=1S/C25H32N4O3/c1-16(2)12-29-15-27-24-22(25(29)31)21(18(4)32-24)23(30)26-11-20-9-10-28(14-20)13-19-7-5-17(3)6-8-19/h5-8,15-16,20H,9-14H2,1-4H3,(H,26,30). The number of rotatable bonds is 7. The van der Waals surface area contributed by atoms with E-state index in [2.05, 4.69) is 46.4 Å². The number of amides is 1. The van der Waals surface area contributed by atoms with Crippen LogP contribution in [-0.4, -0.2) is 40.0 Å². The van der Waals surface area contributed by atoms with Gasteiger partial charge in [0.05, 0.1) is 5.56 Å². The lowest BCUT2D eigenvalue weighted by Gasteiger charge is -2.16. The van der Waals surface area contributed by atoms with Gasteiger partial charge in [0.2, 0.25) is 5.71 Å². The molecule has 0 radical (unpaired) electrons. The van der Waals surface area contributed by atoms with Crippen molar-refractivity contribution >= 4 is 17.0 Å². The number of nitrogens with one attached hydrogen (secondary N) is 1. The Morgan fingerprint density at radius 2 is 2.00 bits per heavy atom. The van der Waals surface area contributed by atoms with E-state index in [0.717, 1.165) is 26.1 Å². The third-order valence-electron chi connectivity index (χ3n) is 6.09. The molecule has 2 aromatic heterocycles. The van der Waals surface area contributed by atoms with Crippen LogP contribution in [0.15, 0.2) is 39.8 Å². The molecule has 3 heterocycles. The van der Waals surface area contributed by atoms with E-state index in [4.69, 9.17) is 4.42 Å². The Kier molecular flexibility index (Phi) is 6.46. The van der Waals surface area contributed by atoms with Crippen molar-refractivity contribution in [3.63, 3.8) is 0 Å². The first-order valence-electron chi connectivity index (χ1n) is 11.4. The van der Waals surface area contributed by atoms with Crippen LogP contribution in [0.2, 0.25) is 0 Å². The summed E-state index contributed by atoms with van der Waals surface area (Å²) in [6.07, 6.45) is 2.54. The van der Waals surface area contributed by atoms with Crippen LogP contribution in [0.4, 0.5) is 0 Å². The van der Waals surface area contributed by atoms with E-state index in [1.807, 2.05) is 13.8 Å². The molecular formula is C25H32N4O3. The monoisotopic (exact) mass is 436 g/mol. The predicted molar refractivity (Wildman–Crippen MR) is 125 cm³/mol. The van der Waals surface area contributed by atoms with Crippen molar-refractivity contribution in [3.05, 3.63) is 63.4 Å². The summed E-state index contributed by atoms with van der Waals surface area (Å²) in [7, 11) is 0. The van der Waals surface area contributed by atoms with Crippen LogP contribution in [0, 0.1) is 25.7 Å². The summed E-state index contributed by atoms with van der Waals surface area (Å²) in [4.78, 5) is 32.7. The zero-order valence-corrected chi connectivity index (χ0v) is 19.4.